The molecule has 0 unspecified atom stereocenters. The molecule has 0 spiro atoms. The number of hydrogen-bond acceptors (Lipinski definition) is 1. The zero-order valence-electron chi connectivity index (χ0n) is 15.1. The Morgan fingerprint density at radius 3 is 1.48 bits per heavy atom. The average Bonchev–Trinajstić information content (AvgIpc) is 2.57. The summed E-state index contributed by atoms with van der Waals surface area (Å²) in [6, 6.07) is 0. The van der Waals surface area contributed by atoms with E-state index in [1.54, 1.807) is 6.08 Å². The van der Waals surface area contributed by atoms with Crippen molar-refractivity contribution in [3.05, 3.63) is 60.9 Å². The van der Waals surface area contributed by atoms with Crippen LogP contribution in [0.4, 0.5) is 0 Å². The molecule has 0 fully saturated rings. The lowest BCUT2D eigenvalue weighted by Crippen LogP contribution is -1.81. The van der Waals surface area contributed by atoms with Gasteiger partial charge < -0.3 is 5.73 Å². The Morgan fingerprint density at radius 1 is 0.522 bits per heavy atom. The lowest BCUT2D eigenvalue weighted by Gasteiger charge is -2.01. The summed E-state index contributed by atoms with van der Waals surface area (Å²) in [5, 5.41) is 0. The second kappa shape index (κ2) is 20.5. The first kappa shape index (κ1) is 21.5. The van der Waals surface area contributed by atoms with Crippen molar-refractivity contribution in [1.29, 1.82) is 0 Å². The molecule has 0 amide bonds. The van der Waals surface area contributed by atoms with Gasteiger partial charge in [-0.1, -0.05) is 113 Å². The molecule has 0 aromatic carbocycles. The number of hydrogen-bond donors (Lipinski definition) is 1. The highest BCUT2D eigenvalue weighted by atomic mass is 14.5. The largest absolute Gasteiger partial charge is 0.405 e. The van der Waals surface area contributed by atoms with Gasteiger partial charge in [0.05, 0.1) is 0 Å². The van der Waals surface area contributed by atoms with Gasteiger partial charge in [-0.05, 0) is 25.1 Å². The Bertz CT molecular complexity index is 358. The molecular weight excluding hydrogens is 278 g/mol. The maximum absolute atomic E-state index is 5.23. The van der Waals surface area contributed by atoms with Gasteiger partial charge in [0, 0.05) is 0 Å². The minimum atomic E-state index is 1.20. The van der Waals surface area contributed by atoms with E-state index < -0.39 is 0 Å². The quantitative estimate of drug-likeness (QED) is 0.255. The van der Waals surface area contributed by atoms with Crippen LogP contribution in [0.15, 0.2) is 60.9 Å². The van der Waals surface area contributed by atoms with E-state index in [-0.39, 0.29) is 0 Å². The van der Waals surface area contributed by atoms with E-state index in [0.29, 0.717) is 0 Å². The van der Waals surface area contributed by atoms with E-state index in [4.69, 9.17) is 5.73 Å². The topological polar surface area (TPSA) is 26.0 Å². The summed E-state index contributed by atoms with van der Waals surface area (Å²) in [4.78, 5) is 0. The fraction of sp³-hybridized carbons (Fsp3) is 0.545. The molecule has 0 atom stereocenters. The summed E-state index contributed by atoms with van der Waals surface area (Å²) < 4.78 is 0. The first-order chi connectivity index (χ1) is 11.4. The monoisotopic (exact) mass is 315 g/mol. The molecule has 23 heavy (non-hydrogen) atoms. The molecule has 0 aromatic rings. The van der Waals surface area contributed by atoms with Crippen LogP contribution in [0.2, 0.25) is 0 Å². The highest BCUT2D eigenvalue weighted by molar-refractivity contribution is 5.17. The zero-order valence-corrected chi connectivity index (χ0v) is 15.1. The van der Waals surface area contributed by atoms with Crippen LogP contribution in [0.3, 0.4) is 0 Å². The Morgan fingerprint density at radius 2 is 0.957 bits per heavy atom. The Balaban J connectivity index is 3.31. The fourth-order valence-electron chi connectivity index (χ4n) is 2.37. The maximum atomic E-state index is 5.23. The number of nitrogens with two attached hydrogens (primary N) is 1. The Kier molecular flexibility index (Phi) is 19.2. The molecule has 0 aliphatic carbocycles. The molecule has 0 saturated heterocycles. The normalized spacial score (nSPS) is 12.9. The second-order valence-electron chi connectivity index (χ2n) is 5.94. The number of rotatable bonds is 15. The minimum Gasteiger partial charge on any atom is -0.405 e. The summed E-state index contributed by atoms with van der Waals surface area (Å²) in [5.41, 5.74) is 5.23. The SMILES string of the molecule is CCCCCCCCCCCCC=CC=CC=CC=CC=CN. The van der Waals surface area contributed by atoms with E-state index in [2.05, 4.69) is 25.2 Å². The lowest BCUT2D eigenvalue weighted by molar-refractivity contribution is 0.557. The Hall–Kier alpha value is -1.50. The van der Waals surface area contributed by atoms with Gasteiger partial charge in [0.25, 0.3) is 0 Å². The van der Waals surface area contributed by atoms with Crippen LogP contribution in [0, 0.1) is 0 Å². The van der Waals surface area contributed by atoms with Gasteiger partial charge in [-0.25, -0.2) is 0 Å². The zero-order chi connectivity index (χ0) is 16.8. The highest BCUT2D eigenvalue weighted by Crippen LogP contribution is 2.11. The molecule has 0 saturated carbocycles. The van der Waals surface area contributed by atoms with Crippen LogP contribution >= 0.6 is 0 Å². The third-order valence-electron chi connectivity index (χ3n) is 3.75. The molecule has 0 aliphatic heterocycles. The van der Waals surface area contributed by atoms with Crippen molar-refractivity contribution in [3.8, 4) is 0 Å². The van der Waals surface area contributed by atoms with Gasteiger partial charge in [0.15, 0.2) is 0 Å². The van der Waals surface area contributed by atoms with Crippen LogP contribution in [0.5, 0.6) is 0 Å². The standard InChI is InChI=1S/C22H37N/c1-2-3-4-5-6-7-8-9-10-11-12-13-14-15-16-17-18-19-20-21-22-23/h13-22H,2-12,23H2,1H3. The second-order valence-corrected chi connectivity index (χ2v) is 5.94. The van der Waals surface area contributed by atoms with Crippen LogP contribution in [-0.4, -0.2) is 0 Å². The molecule has 0 bridgehead atoms. The first-order valence-corrected chi connectivity index (χ1v) is 9.45. The van der Waals surface area contributed by atoms with Crippen LogP contribution in [0.25, 0.3) is 0 Å². The Labute approximate surface area is 144 Å². The van der Waals surface area contributed by atoms with Crippen LogP contribution < -0.4 is 5.73 Å². The molecular formula is C22H37N. The van der Waals surface area contributed by atoms with Crippen LogP contribution in [0.1, 0.15) is 77.6 Å². The maximum Gasteiger partial charge on any atom is -0.00624 e. The molecule has 0 aliphatic rings. The molecule has 0 aromatic heterocycles. The molecule has 1 heteroatoms. The summed E-state index contributed by atoms with van der Waals surface area (Å²) >= 11 is 0. The molecule has 0 radical (unpaired) electrons. The van der Waals surface area contributed by atoms with E-state index in [9.17, 15) is 0 Å². The third-order valence-corrected chi connectivity index (χ3v) is 3.75. The van der Waals surface area contributed by atoms with E-state index in [1.165, 1.54) is 76.8 Å². The summed E-state index contributed by atoms with van der Waals surface area (Å²) in [5.74, 6) is 0. The van der Waals surface area contributed by atoms with E-state index >= 15 is 0 Å². The van der Waals surface area contributed by atoms with Gasteiger partial charge in [-0.15, -0.1) is 0 Å². The van der Waals surface area contributed by atoms with Crippen molar-refractivity contribution in [1.82, 2.24) is 0 Å². The van der Waals surface area contributed by atoms with Crippen molar-refractivity contribution in [2.45, 2.75) is 77.6 Å². The molecule has 1 nitrogen and oxygen atoms in total. The van der Waals surface area contributed by atoms with Gasteiger partial charge >= 0.3 is 0 Å². The first-order valence-electron chi connectivity index (χ1n) is 9.45. The van der Waals surface area contributed by atoms with Gasteiger partial charge in [0.2, 0.25) is 0 Å². The van der Waals surface area contributed by atoms with Crippen LogP contribution in [-0.2, 0) is 0 Å². The van der Waals surface area contributed by atoms with E-state index in [1.807, 2.05) is 30.4 Å². The molecule has 2 N–H and O–H groups in total. The van der Waals surface area contributed by atoms with Crippen molar-refractivity contribution in [2.24, 2.45) is 5.73 Å². The molecule has 0 rings (SSSR count). The minimum absolute atomic E-state index is 1.20. The summed E-state index contributed by atoms with van der Waals surface area (Å²) in [6.45, 7) is 2.28. The molecule has 130 valence electrons. The highest BCUT2D eigenvalue weighted by Gasteiger charge is 1.91. The predicted molar refractivity (Wildman–Crippen MR) is 106 cm³/mol. The number of allylic oxidation sites excluding steroid dienone is 9. The lowest BCUT2D eigenvalue weighted by atomic mass is 10.1. The van der Waals surface area contributed by atoms with Gasteiger partial charge in [-0.2, -0.15) is 0 Å². The van der Waals surface area contributed by atoms with E-state index in [0.717, 1.165) is 0 Å². The van der Waals surface area contributed by atoms with Crippen molar-refractivity contribution < 1.29 is 0 Å². The average molecular weight is 316 g/mol. The van der Waals surface area contributed by atoms with Crippen molar-refractivity contribution in [3.63, 3.8) is 0 Å². The van der Waals surface area contributed by atoms with Gasteiger partial charge in [-0.3, -0.25) is 0 Å². The number of unbranched alkanes of at least 4 members (excludes halogenated alkanes) is 10. The third kappa shape index (κ3) is 20.5. The molecule has 0 heterocycles. The van der Waals surface area contributed by atoms with Gasteiger partial charge in [0.1, 0.15) is 0 Å². The fourth-order valence-corrected chi connectivity index (χ4v) is 2.37. The predicted octanol–water partition coefficient (Wildman–Crippen LogP) is 6.99. The smallest absolute Gasteiger partial charge is 0.00624 e. The van der Waals surface area contributed by atoms with Crippen molar-refractivity contribution in [2.75, 3.05) is 0 Å². The summed E-state index contributed by atoms with van der Waals surface area (Å²) in [7, 11) is 0. The summed E-state index contributed by atoms with van der Waals surface area (Å²) in [6.07, 6.45) is 35.0. The van der Waals surface area contributed by atoms with Crippen molar-refractivity contribution >= 4 is 0 Å².